The van der Waals surface area contributed by atoms with Crippen LogP contribution < -0.4 is 10.6 Å². The van der Waals surface area contributed by atoms with Crippen molar-refractivity contribution in [2.75, 3.05) is 10.6 Å². The molecular weight excluding hydrogens is 318 g/mol. The number of nitrogens with one attached hydrogen (secondary N) is 2. The van der Waals surface area contributed by atoms with Crippen LogP contribution in [-0.2, 0) is 16.1 Å². The van der Waals surface area contributed by atoms with Crippen molar-refractivity contribution in [3.8, 4) is 0 Å². The van der Waals surface area contributed by atoms with Crippen LogP contribution in [0.3, 0.4) is 0 Å². The topological polar surface area (TPSA) is 78.5 Å². The summed E-state index contributed by atoms with van der Waals surface area (Å²) >= 11 is 0. The van der Waals surface area contributed by atoms with Crippen LogP contribution in [-0.4, -0.2) is 28.7 Å². The molecule has 2 aromatic rings. The third kappa shape index (κ3) is 3.52. The summed E-state index contributed by atoms with van der Waals surface area (Å²) in [5.41, 5.74) is 2.74. The molecule has 2 aromatic carbocycles. The van der Waals surface area contributed by atoms with Gasteiger partial charge in [0, 0.05) is 30.4 Å². The first-order valence-corrected chi connectivity index (χ1v) is 8.03. The van der Waals surface area contributed by atoms with Crippen molar-refractivity contribution in [3.63, 3.8) is 0 Å². The van der Waals surface area contributed by atoms with Crippen molar-refractivity contribution >= 4 is 29.1 Å². The van der Waals surface area contributed by atoms with Gasteiger partial charge in [-0.2, -0.15) is 0 Å². The zero-order valence-corrected chi connectivity index (χ0v) is 14.1. The van der Waals surface area contributed by atoms with Gasteiger partial charge in [-0.15, -0.1) is 0 Å². The molecule has 1 aliphatic heterocycles. The summed E-state index contributed by atoms with van der Waals surface area (Å²) in [5.74, 6) is -0.594. The third-order valence-electron chi connectivity index (χ3n) is 4.15. The maximum Gasteiger partial charge on any atom is 0.255 e. The molecule has 3 rings (SSSR count). The first-order valence-electron chi connectivity index (χ1n) is 8.03. The van der Waals surface area contributed by atoms with Crippen LogP contribution in [0.25, 0.3) is 0 Å². The van der Waals surface area contributed by atoms with E-state index in [0.29, 0.717) is 23.5 Å². The van der Waals surface area contributed by atoms with Gasteiger partial charge in [-0.1, -0.05) is 24.3 Å². The third-order valence-corrected chi connectivity index (χ3v) is 4.15. The zero-order valence-electron chi connectivity index (χ0n) is 14.1. The first kappa shape index (κ1) is 16.7. The lowest BCUT2D eigenvalue weighted by molar-refractivity contribution is -0.120. The molecule has 0 fully saturated rings. The average molecular weight is 337 g/mol. The summed E-state index contributed by atoms with van der Waals surface area (Å²) in [4.78, 5) is 37.7. The molecule has 2 N–H and O–H groups in total. The SMILES string of the molecule is CC(=O)Nc1cccc(NC(=O)[C@H](C)N2Cc3ccccc3C2=O)c1. The van der Waals surface area contributed by atoms with E-state index in [-0.39, 0.29) is 17.7 Å². The lowest BCUT2D eigenvalue weighted by Gasteiger charge is -2.23. The second kappa shape index (κ2) is 6.76. The number of anilines is 2. The molecule has 6 heteroatoms. The smallest absolute Gasteiger partial charge is 0.255 e. The maximum absolute atomic E-state index is 12.5. The van der Waals surface area contributed by atoms with E-state index in [1.807, 2.05) is 18.2 Å². The molecule has 0 bridgehead atoms. The van der Waals surface area contributed by atoms with Gasteiger partial charge in [0.1, 0.15) is 6.04 Å². The minimum atomic E-state index is -0.607. The number of amides is 3. The number of carbonyl (C=O) groups is 3. The molecule has 0 aliphatic carbocycles. The number of fused-ring (bicyclic) bond motifs is 1. The van der Waals surface area contributed by atoms with Crippen LogP contribution in [0.15, 0.2) is 48.5 Å². The van der Waals surface area contributed by atoms with Gasteiger partial charge >= 0.3 is 0 Å². The fraction of sp³-hybridized carbons (Fsp3) is 0.211. The number of benzene rings is 2. The van der Waals surface area contributed by atoms with Gasteiger partial charge in [0.2, 0.25) is 11.8 Å². The molecule has 3 amide bonds. The van der Waals surface area contributed by atoms with Gasteiger partial charge in [0.25, 0.3) is 5.91 Å². The molecule has 0 radical (unpaired) electrons. The summed E-state index contributed by atoms with van der Waals surface area (Å²) in [5, 5.41) is 5.46. The van der Waals surface area contributed by atoms with E-state index in [9.17, 15) is 14.4 Å². The van der Waals surface area contributed by atoms with Crippen LogP contribution >= 0.6 is 0 Å². The Morgan fingerprint density at radius 2 is 1.72 bits per heavy atom. The van der Waals surface area contributed by atoms with Crippen LogP contribution in [0.1, 0.15) is 29.8 Å². The molecule has 0 aromatic heterocycles. The highest BCUT2D eigenvalue weighted by Gasteiger charge is 2.33. The molecular formula is C19H19N3O3. The van der Waals surface area contributed by atoms with Gasteiger partial charge in [-0.3, -0.25) is 14.4 Å². The minimum Gasteiger partial charge on any atom is -0.326 e. The summed E-state index contributed by atoms with van der Waals surface area (Å²) in [6.45, 7) is 3.55. The molecule has 1 aliphatic rings. The van der Waals surface area contributed by atoms with Gasteiger partial charge in [0.05, 0.1) is 0 Å². The molecule has 25 heavy (non-hydrogen) atoms. The van der Waals surface area contributed by atoms with Gasteiger partial charge < -0.3 is 15.5 Å². The van der Waals surface area contributed by atoms with Crippen molar-refractivity contribution in [1.29, 1.82) is 0 Å². The van der Waals surface area contributed by atoms with Crippen molar-refractivity contribution in [1.82, 2.24) is 4.90 Å². The minimum absolute atomic E-state index is 0.134. The van der Waals surface area contributed by atoms with Gasteiger partial charge in [0.15, 0.2) is 0 Å². The van der Waals surface area contributed by atoms with Crippen LogP contribution in [0.4, 0.5) is 11.4 Å². The van der Waals surface area contributed by atoms with E-state index in [0.717, 1.165) is 5.56 Å². The Balaban J connectivity index is 1.70. The average Bonchev–Trinajstić information content (AvgIpc) is 2.91. The van der Waals surface area contributed by atoms with Crippen molar-refractivity contribution in [2.45, 2.75) is 26.4 Å². The number of hydrogen-bond acceptors (Lipinski definition) is 3. The Bertz CT molecular complexity index is 847. The van der Waals surface area contributed by atoms with E-state index in [4.69, 9.17) is 0 Å². The second-order valence-electron chi connectivity index (χ2n) is 6.02. The predicted molar refractivity (Wildman–Crippen MR) is 95.2 cm³/mol. The monoisotopic (exact) mass is 337 g/mol. The van der Waals surface area contributed by atoms with E-state index in [1.165, 1.54) is 6.92 Å². The number of nitrogens with zero attached hydrogens (tertiary/aromatic N) is 1. The van der Waals surface area contributed by atoms with Crippen LogP contribution in [0.2, 0.25) is 0 Å². The van der Waals surface area contributed by atoms with Crippen molar-refractivity contribution in [2.24, 2.45) is 0 Å². The standard InChI is InChI=1S/C19H19N3O3/c1-12(22-11-14-6-3-4-9-17(14)19(22)25)18(24)21-16-8-5-7-15(10-16)20-13(2)23/h3-10,12H,11H2,1-2H3,(H,20,23)(H,21,24)/t12-/m0/s1. The van der Waals surface area contributed by atoms with Crippen LogP contribution in [0.5, 0.6) is 0 Å². The molecule has 0 unspecified atom stereocenters. The quantitative estimate of drug-likeness (QED) is 0.900. The summed E-state index contributed by atoms with van der Waals surface area (Å²) in [6.07, 6.45) is 0. The fourth-order valence-corrected chi connectivity index (χ4v) is 2.86. The molecule has 6 nitrogen and oxygen atoms in total. The van der Waals surface area contributed by atoms with E-state index in [1.54, 1.807) is 42.2 Å². The maximum atomic E-state index is 12.5. The van der Waals surface area contributed by atoms with Crippen LogP contribution in [0, 0.1) is 0 Å². The van der Waals surface area contributed by atoms with E-state index >= 15 is 0 Å². The van der Waals surface area contributed by atoms with Gasteiger partial charge in [-0.05, 0) is 36.8 Å². The molecule has 128 valence electrons. The molecule has 1 atom stereocenters. The largest absolute Gasteiger partial charge is 0.326 e. The lowest BCUT2D eigenvalue weighted by atomic mass is 10.1. The highest BCUT2D eigenvalue weighted by Crippen LogP contribution is 2.25. The van der Waals surface area contributed by atoms with Gasteiger partial charge in [-0.25, -0.2) is 0 Å². The number of carbonyl (C=O) groups excluding carboxylic acids is 3. The summed E-state index contributed by atoms with van der Waals surface area (Å²) in [7, 11) is 0. The lowest BCUT2D eigenvalue weighted by Crippen LogP contribution is -2.42. The van der Waals surface area contributed by atoms with Crippen molar-refractivity contribution in [3.05, 3.63) is 59.7 Å². The van der Waals surface area contributed by atoms with Crippen molar-refractivity contribution < 1.29 is 14.4 Å². The Morgan fingerprint density at radius 1 is 1.04 bits per heavy atom. The summed E-state index contributed by atoms with van der Waals surface area (Å²) < 4.78 is 0. The second-order valence-corrected chi connectivity index (χ2v) is 6.02. The highest BCUT2D eigenvalue weighted by atomic mass is 16.2. The Morgan fingerprint density at radius 3 is 2.40 bits per heavy atom. The highest BCUT2D eigenvalue weighted by molar-refractivity contribution is 6.03. The number of hydrogen-bond donors (Lipinski definition) is 2. The molecule has 0 saturated heterocycles. The Labute approximate surface area is 145 Å². The zero-order chi connectivity index (χ0) is 18.0. The Kier molecular flexibility index (Phi) is 4.52. The molecule has 1 heterocycles. The van der Waals surface area contributed by atoms with E-state index in [2.05, 4.69) is 10.6 Å². The van der Waals surface area contributed by atoms with E-state index < -0.39 is 6.04 Å². The normalized spacial score (nSPS) is 14.0. The Hall–Kier alpha value is -3.15. The first-order chi connectivity index (χ1) is 12.0. The number of rotatable bonds is 4. The fourth-order valence-electron chi connectivity index (χ4n) is 2.86. The molecule has 0 spiro atoms. The summed E-state index contributed by atoms with van der Waals surface area (Å²) in [6, 6.07) is 13.6. The predicted octanol–water partition coefficient (Wildman–Crippen LogP) is 2.63. The molecule has 0 saturated carbocycles.